The summed E-state index contributed by atoms with van der Waals surface area (Å²) in [6, 6.07) is 0. The van der Waals surface area contributed by atoms with Crippen LogP contribution in [0.15, 0.2) is 0 Å². The molecule has 1 aliphatic rings. The van der Waals surface area contributed by atoms with Crippen molar-refractivity contribution in [2.45, 2.75) is 31.7 Å². The molecule has 1 aliphatic carbocycles. The van der Waals surface area contributed by atoms with Crippen molar-refractivity contribution >= 4 is 0 Å². The SMILES string of the molecule is C#CCNC1(CN)CCCC1C. The molecule has 1 fully saturated rings. The van der Waals surface area contributed by atoms with E-state index < -0.39 is 0 Å². The highest BCUT2D eigenvalue weighted by atomic mass is 15.0. The van der Waals surface area contributed by atoms with Gasteiger partial charge in [0.1, 0.15) is 0 Å². The fourth-order valence-corrected chi connectivity index (χ4v) is 2.11. The summed E-state index contributed by atoms with van der Waals surface area (Å²) in [4.78, 5) is 0. The molecule has 0 bridgehead atoms. The van der Waals surface area contributed by atoms with Crippen molar-refractivity contribution in [2.24, 2.45) is 11.7 Å². The van der Waals surface area contributed by atoms with Crippen molar-refractivity contribution in [1.29, 1.82) is 0 Å². The lowest BCUT2D eigenvalue weighted by atomic mass is 9.88. The van der Waals surface area contributed by atoms with E-state index in [1.165, 1.54) is 19.3 Å². The van der Waals surface area contributed by atoms with E-state index in [0.717, 1.165) is 0 Å². The van der Waals surface area contributed by atoms with E-state index in [2.05, 4.69) is 18.2 Å². The summed E-state index contributed by atoms with van der Waals surface area (Å²) in [6.45, 7) is 3.60. The summed E-state index contributed by atoms with van der Waals surface area (Å²) in [5.74, 6) is 3.27. The standard InChI is InChI=1S/C10H18N2/c1-3-7-12-10(8-11)6-4-5-9(10)2/h1,9,12H,4-8,11H2,2H3. The smallest absolute Gasteiger partial charge is 0.0578 e. The minimum Gasteiger partial charge on any atom is -0.329 e. The number of nitrogens with one attached hydrogen (secondary N) is 1. The van der Waals surface area contributed by atoms with Crippen molar-refractivity contribution in [3.05, 3.63) is 0 Å². The molecule has 0 aromatic heterocycles. The lowest BCUT2D eigenvalue weighted by Crippen LogP contribution is -2.53. The van der Waals surface area contributed by atoms with E-state index in [4.69, 9.17) is 12.2 Å². The average Bonchev–Trinajstić information content (AvgIpc) is 2.45. The van der Waals surface area contributed by atoms with Crippen molar-refractivity contribution in [3.8, 4) is 12.3 Å². The second-order valence-electron chi connectivity index (χ2n) is 3.71. The molecule has 1 saturated carbocycles. The van der Waals surface area contributed by atoms with Gasteiger partial charge in [-0.25, -0.2) is 0 Å². The van der Waals surface area contributed by atoms with Crippen molar-refractivity contribution in [2.75, 3.05) is 13.1 Å². The number of rotatable bonds is 3. The van der Waals surface area contributed by atoms with Gasteiger partial charge in [0, 0.05) is 12.1 Å². The molecule has 2 atom stereocenters. The van der Waals surface area contributed by atoms with Crippen LogP contribution in [-0.2, 0) is 0 Å². The van der Waals surface area contributed by atoms with Crippen LogP contribution in [0.1, 0.15) is 26.2 Å². The third kappa shape index (κ3) is 1.63. The number of hydrogen-bond acceptors (Lipinski definition) is 2. The lowest BCUT2D eigenvalue weighted by molar-refractivity contribution is 0.279. The first-order chi connectivity index (χ1) is 5.75. The summed E-state index contributed by atoms with van der Waals surface area (Å²) in [7, 11) is 0. The highest BCUT2D eigenvalue weighted by Crippen LogP contribution is 2.34. The third-order valence-corrected chi connectivity index (χ3v) is 3.11. The molecule has 2 unspecified atom stereocenters. The van der Waals surface area contributed by atoms with Crippen LogP contribution >= 0.6 is 0 Å². The van der Waals surface area contributed by atoms with Crippen molar-refractivity contribution in [3.63, 3.8) is 0 Å². The Morgan fingerprint density at radius 1 is 1.75 bits per heavy atom. The normalized spacial score (nSPS) is 34.9. The first-order valence-corrected chi connectivity index (χ1v) is 4.64. The molecule has 0 heterocycles. The van der Waals surface area contributed by atoms with Gasteiger partial charge in [-0.05, 0) is 18.8 Å². The van der Waals surface area contributed by atoms with E-state index in [-0.39, 0.29) is 5.54 Å². The maximum absolute atomic E-state index is 5.77. The second kappa shape index (κ2) is 3.93. The molecule has 0 amide bonds. The number of terminal acetylenes is 1. The van der Waals surface area contributed by atoms with Gasteiger partial charge in [0.25, 0.3) is 0 Å². The largest absolute Gasteiger partial charge is 0.329 e. The van der Waals surface area contributed by atoms with E-state index in [1.54, 1.807) is 0 Å². The molecule has 0 saturated heterocycles. The van der Waals surface area contributed by atoms with Crippen LogP contribution in [0.25, 0.3) is 0 Å². The molecule has 12 heavy (non-hydrogen) atoms. The fourth-order valence-electron chi connectivity index (χ4n) is 2.11. The van der Waals surface area contributed by atoms with Crippen molar-refractivity contribution < 1.29 is 0 Å². The zero-order valence-corrected chi connectivity index (χ0v) is 7.77. The minimum absolute atomic E-state index is 0.131. The Kier molecular flexibility index (Phi) is 3.13. The summed E-state index contributed by atoms with van der Waals surface area (Å²) >= 11 is 0. The summed E-state index contributed by atoms with van der Waals surface area (Å²) in [5, 5.41) is 3.38. The van der Waals surface area contributed by atoms with Gasteiger partial charge in [-0.2, -0.15) is 0 Å². The molecular weight excluding hydrogens is 148 g/mol. The molecular formula is C10H18N2. The predicted molar refractivity (Wildman–Crippen MR) is 51.6 cm³/mol. The van der Waals surface area contributed by atoms with Crippen LogP contribution in [0.3, 0.4) is 0 Å². The predicted octanol–water partition coefficient (Wildman–Crippen LogP) is 0.727. The quantitative estimate of drug-likeness (QED) is 0.606. The molecule has 0 aromatic carbocycles. The maximum atomic E-state index is 5.77. The van der Waals surface area contributed by atoms with Gasteiger partial charge in [0.05, 0.1) is 6.54 Å². The first-order valence-electron chi connectivity index (χ1n) is 4.64. The van der Waals surface area contributed by atoms with Gasteiger partial charge in [-0.1, -0.05) is 19.3 Å². The van der Waals surface area contributed by atoms with Crippen LogP contribution in [0.5, 0.6) is 0 Å². The summed E-state index contributed by atoms with van der Waals surface area (Å²) in [6.07, 6.45) is 8.93. The lowest BCUT2D eigenvalue weighted by Gasteiger charge is -2.33. The molecule has 0 spiro atoms. The van der Waals surface area contributed by atoms with E-state index in [0.29, 0.717) is 19.0 Å². The monoisotopic (exact) mass is 166 g/mol. The molecule has 2 nitrogen and oxygen atoms in total. The number of nitrogens with two attached hydrogens (primary N) is 1. The van der Waals surface area contributed by atoms with E-state index in [9.17, 15) is 0 Å². The zero-order valence-electron chi connectivity index (χ0n) is 7.77. The topological polar surface area (TPSA) is 38.0 Å². The van der Waals surface area contributed by atoms with Crippen LogP contribution < -0.4 is 11.1 Å². The molecule has 3 N–H and O–H groups in total. The Balaban J connectivity index is 2.56. The minimum atomic E-state index is 0.131. The van der Waals surface area contributed by atoms with Crippen LogP contribution in [-0.4, -0.2) is 18.6 Å². The average molecular weight is 166 g/mol. The second-order valence-corrected chi connectivity index (χ2v) is 3.71. The molecule has 0 radical (unpaired) electrons. The maximum Gasteiger partial charge on any atom is 0.0578 e. The first kappa shape index (κ1) is 9.57. The molecule has 1 rings (SSSR count). The Labute approximate surface area is 74.9 Å². The molecule has 2 heteroatoms. The Bertz CT molecular complexity index is 183. The van der Waals surface area contributed by atoms with Gasteiger partial charge in [0.2, 0.25) is 0 Å². The molecule has 68 valence electrons. The third-order valence-electron chi connectivity index (χ3n) is 3.11. The molecule has 0 aromatic rings. The van der Waals surface area contributed by atoms with Gasteiger partial charge >= 0.3 is 0 Å². The van der Waals surface area contributed by atoms with Gasteiger partial charge in [-0.3, -0.25) is 5.32 Å². The van der Waals surface area contributed by atoms with Crippen LogP contribution in [0, 0.1) is 18.3 Å². The fraction of sp³-hybridized carbons (Fsp3) is 0.800. The zero-order chi connectivity index (χ0) is 9.03. The Morgan fingerprint density at radius 2 is 2.50 bits per heavy atom. The van der Waals surface area contributed by atoms with Crippen molar-refractivity contribution in [1.82, 2.24) is 5.32 Å². The van der Waals surface area contributed by atoms with Gasteiger partial charge < -0.3 is 5.73 Å². The van der Waals surface area contributed by atoms with Crippen LogP contribution in [0.2, 0.25) is 0 Å². The Morgan fingerprint density at radius 3 is 2.92 bits per heavy atom. The van der Waals surface area contributed by atoms with Gasteiger partial charge in [0.15, 0.2) is 0 Å². The van der Waals surface area contributed by atoms with Gasteiger partial charge in [-0.15, -0.1) is 6.42 Å². The number of hydrogen-bond donors (Lipinski definition) is 2. The summed E-state index contributed by atoms with van der Waals surface area (Å²) in [5.41, 5.74) is 5.90. The molecule has 0 aliphatic heterocycles. The van der Waals surface area contributed by atoms with Crippen LogP contribution in [0.4, 0.5) is 0 Å². The highest BCUT2D eigenvalue weighted by molar-refractivity contribution is 5.01. The van der Waals surface area contributed by atoms with E-state index >= 15 is 0 Å². The highest BCUT2D eigenvalue weighted by Gasteiger charge is 2.37. The Hall–Kier alpha value is -0.520. The van der Waals surface area contributed by atoms with E-state index in [1.807, 2.05) is 0 Å². The summed E-state index contributed by atoms with van der Waals surface area (Å²) < 4.78 is 0.